The van der Waals surface area contributed by atoms with Crippen LogP contribution in [0, 0.1) is 11.8 Å². The van der Waals surface area contributed by atoms with Gasteiger partial charge in [0.05, 0.1) is 5.69 Å². The smallest absolute Gasteiger partial charge is 0.0758 e. The highest BCUT2D eigenvalue weighted by atomic mass is 35.5. The van der Waals surface area contributed by atoms with Crippen LogP contribution in [-0.2, 0) is 6.42 Å². The van der Waals surface area contributed by atoms with Gasteiger partial charge in [0.25, 0.3) is 0 Å². The van der Waals surface area contributed by atoms with Gasteiger partial charge in [0.1, 0.15) is 0 Å². The third-order valence-corrected chi connectivity index (χ3v) is 2.97. The topological polar surface area (TPSA) is 25.8 Å². The second-order valence-corrected chi connectivity index (χ2v) is 4.18. The zero-order valence-electron chi connectivity index (χ0n) is 7.33. The Bertz CT molecular complexity index is 211. The first kappa shape index (κ1) is 9.93. The van der Waals surface area contributed by atoms with E-state index in [1.165, 1.54) is 11.5 Å². The molecule has 0 N–H and O–H groups in total. The molecule has 0 aliphatic carbocycles. The Hall–Kier alpha value is -0.150. The van der Waals surface area contributed by atoms with Gasteiger partial charge in [0.15, 0.2) is 0 Å². The molecule has 0 saturated heterocycles. The summed E-state index contributed by atoms with van der Waals surface area (Å²) in [4.78, 5) is 0. The molecule has 0 amide bonds. The van der Waals surface area contributed by atoms with Gasteiger partial charge in [-0.15, -0.1) is 16.7 Å². The van der Waals surface area contributed by atoms with Crippen LogP contribution in [0.5, 0.6) is 0 Å². The van der Waals surface area contributed by atoms with Crippen molar-refractivity contribution < 1.29 is 0 Å². The summed E-state index contributed by atoms with van der Waals surface area (Å²) in [7, 11) is 0. The average molecular weight is 205 g/mol. The predicted molar refractivity (Wildman–Crippen MR) is 52.7 cm³/mol. The summed E-state index contributed by atoms with van der Waals surface area (Å²) in [5, 5.41) is 5.98. The number of aromatic nitrogens is 2. The molecule has 4 heteroatoms. The molecule has 1 aromatic heterocycles. The van der Waals surface area contributed by atoms with Crippen molar-refractivity contribution in [1.29, 1.82) is 0 Å². The highest BCUT2D eigenvalue weighted by Crippen LogP contribution is 2.17. The molecule has 2 nitrogen and oxygen atoms in total. The molecule has 0 aliphatic rings. The van der Waals surface area contributed by atoms with Crippen LogP contribution in [0.4, 0.5) is 0 Å². The van der Waals surface area contributed by atoms with E-state index in [1.807, 2.05) is 5.38 Å². The molecule has 0 bridgehead atoms. The van der Waals surface area contributed by atoms with Gasteiger partial charge in [-0.2, -0.15) is 0 Å². The summed E-state index contributed by atoms with van der Waals surface area (Å²) in [6.07, 6.45) is 0.956. The van der Waals surface area contributed by atoms with Gasteiger partial charge < -0.3 is 0 Å². The molecule has 1 aromatic rings. The Balaban J connectivity index is 2.48. The van der Waals surface area contributed by atoms with Gasteiger partial charge in [-0.25, -0.2) is 0 Å². The summed E-state index contributed by atoms with van der Waals surface area (Å²) >= 11 is 7.23. The largest absolute Gasteiger partial charge is 0.143 e. The monoisotopic (exact) mass is 204 g/mol. The van der Waals surface area contributed by atoms with E-state index in [2.05, 4.69) is 23.4 Å². The number of halogens is 1. The van der Waals surface area contributed by atoms with Gasteiger partial charge >= 0.3 is 0 Å². The standard InChI is InChI=1S/C8H13ClN2S/c1-6(2)7(4-9)3-8-5-12-11-10-8/h5-7H,3-4H2,1-2H3. The van der Waals surface area contributed by atoms with Crippen LogP contribution in [0.15, 0.2) is 5.38 Å². The van der Waals surface area contributed by atoms with E-state index in [0.717, 1.165) is 12.1 Å². The van der Waals surface area contributed by atoms with Crippen LogP contribution in [0.25, 0.3) is 0 Å². The third-order valence-electron chi connectivity index (χ3n) is 2.02. The molecule has 0 saturated carbocycles. The zero-order valence-corrected chi connectivity index (χ0v) is 8.90. The lowest BCUT2D eigenvalue weighted by atomic mass is 9.93. The maximum atomic E-state index is 5.83. The molecule has 0 aliphatic heterocycles. The molecule has 0 radical (unpaired) electrons. The van der Waals surface area contributed by atoms with Gasteiger partial charge in [0, 0.05) is 11.3 Å². The fraction of sp³-hybridized carbons (Fsp3) is 0.750. The fourth-order valence-electron chi connectivity index (χ4n) is 1.01. The van der Waals surface area contributed by atoms with Crippen molar-refractivity contribution in [2.75, 3.05) is 5.88 Å². The Morgan fingerprint density at radius 3 is 2.75 bits per heavy atom. The van der Waals surface area contributed by atoms with Crippen LogP contribution in [0.1, 0.15) is 19.5 Å². The quantitative estimate of drug-likeness (QED) is 0.705. The van der Waals surface area contributed by atoms with E-state index in [-0.39, 0.29) is 0 Å². The van der Waals surface area contributed by atoms with Crippen molar-refractivity contribution in [2.45, 2.75) is 20.3 Å². The maximum Gasteiger partial charge on any atom is 0.0758 e. The summed E-state index contributed by atoms with van der Waals surface area (Å²) in [5.74, 6) is 1.84. The molecule has 1 rings (SSSR count). The lowest BCUT2D eigenvalue weighted by Gasteiger charge is -2.15. The van der Waals surface area contributed by atoms with E-state index in [9.17, 15) is 0 Å². The van der Waals surface area contributed by atoms with Crippen LogP contribution in [0.3, 0.4) is 0 Å². The molecule has 1 unspecified atom stereocenters. The van der Waals surface area contributed by atoms with E-state index in [4.69, 9.17) is 11.6 Å². The number of rotatable bonds is 4. The first-order chi connectivity index (χ1) is 5.74. The second-order valence-electron chi connectivity index (χ2n) is 3.26. The zero-order chi connectivity index (χ0) is 8.97. The highest BCUT2D eigenvalue weighted by Gasteiger charge is 2.13. The molecular weight excluding hydrogens is 192 g/mol. The Morgan fingerprint density at radius 1 is 1.58 bits per heavy atom. The minimum atomic E-state index is 0.524. The third kappa shape index (κ3) is 2.72. The average Bonchev–Trinajstić information content (AvgIpc) is 2.51. The van der Waals surface area contributed by atoms with E-state index < -0.39 is 0 Å². The lowest BCUT2D eigenvalue weighted by molar-refractivity contribution is 0.418. The Kier molecular flexibility index (Phi) is 3.95. The fourth-order valence-corrected chi connectivity index (χ4v) is 1.94. The van der Waals surface area contributed by atoms with Crippen molar-refractivity contribution in [3.05, 3.63) is 11.1 Å². The molecule has 0 fully saturated rings. The normalized spacial score (nSPS) is 13.7. The van der Waals surface area contributed by atoms with Crippen molar-refractivity contribution in [3.8, 4) is 0 Å². The van der Waals surface area contributed by atoms with Crippen molar-refractivity contribution in [2.24, 2.45) is 11.8 Å². The summed E-state index contributed by atoms with van der Waals surface area (Å²) < 4.78 is 3.82. The van der Waals surface area contributed by atoms with Crippen molar-refractivity contribution in [1.82, 2.24) is 9.59 Å². The van der Waals surface area contributed by atoms with Crippen LogP contribution in [-0.4, -0.2) is 15.5 Å². The Morgan fingerprint density at radius 2 is 2.33 bits per heavy atom. The summed E-state index contributed by atoms with van der Waals surface area (Å²) in [6, 6.07) is 0. The number of hydrogen-bond donors (Lipinski definition) is 0. The minimum absolute atomic E-state index is 0.524. The molecular formula is C8H13ClN2S. The molecule has 68 valence electrons. The first-order valence-corrected chi connectivity index (χ1v) is 5.43. The highest BCUT2D eigenvalue weighted by molar-refractivity contribution is 7.03. The SMILES string of the molecule is CC(C)C(CCl)Cc1csnn1. The summed E-state index contributed by atoms with van der Waals surface area (Å²) in [6.45, 7) is 4.37. The molecule has 1 atom stereocenters. The number of nitrogens with zero attached hydrogens (tertiary/aromatic N) is 2. The molecule has 1 heterocycles. The van der Waals surface area contributed by atoms with Crippen LogP contribution < -0.4 is 0 Å². The van der Waals surface area contributed by atoms with Crippen LogP contribution >= 0.6 is 23.1 Å². The molecule has 0 aromatic carbocycles. The number of hydrogen-bond acceptors (Lipinski definition) is 3. The van der Waals surface area contributed by atoms with Gasteiger partial charge in [-0.1, -0.05) is 18.3 Å². The molecule has 0 spiro atoms. The predicted octanol–water partition coefficient (Wildman–Crippen LogP) is 2.59. The van der Waals surface area contributed by atoms with Gasteiger partial charge in [0.2, 0.25) is 0 Å². The molecule has 12 heavy (non-hydrogen) atoms. The summed E-state index contributed by atoms with van der Waals surface area (Å²) in [5.41, 5.74) is 1.07. The van der Waals surface area contributed by atoms with E-state index >= 15 is 0 Å². The van der Waals surface area contributed by atoms with Crippen molar-refractivity contribution in [3.63, 3.8) is 0 Å². The lowest BCUT2D eigenvalue weighted by Crippen LogP contribution is -2.13. The number of alkyl halides is 1. The Labute approximate surface area is 82.1 Å². The van der Waals surface area contributed by atoms with E-state index in [1.54, 1.807) is 0 Å². The van der Waals surface area contributed by atoms with Crippen LogP contribution in [0.2, 0.25) is 0 Å². The van der Waals surface area contributed by atoms with Gasteiger partial charge in [-0.3, -0.25) is 0 Å². The van der Waals surface area contributed by atoms with Gasteiger partial charge in [-0.05, 0) is 29.8 Å². The van der Waals surface area contributed by atoms with E-state index in [0.29, 0.717) is 17.7 Å². The maximum absolute atomic E-state index is 5.83. The first-order valence-electron chi connectivity index (χ1n) is 4.06. The second kappa shape index (κ2) is 4.77. The minimum Gasteiger partial charge on any atom is -0.143 e. The van der Waals surface area contributed by atoms with Crippen molar-refractivity contribution >= 4 is 23.1 Å².